The molecule has 1 aliphatic rings. The van der Waals surface area contributed by atoms with Gasteiger partial charge >= 0.3 is 0 Å². The molecular weight excluding hydrogens is 268 g/mol. The van der Waals surface area contributed by atoms with Gasteiger partial charge in [-0.05, 0) is 12.5 Å². The SMILES string of the molecule is CCC1C(=O)NCCN1C(=O)c1cc(N)c(F)cc1F. The first-order valence-electron chi connectivity index (χ1n) is 6.29. The molecule has 1 atom stereocenters. The first kappa shape index (κ1) is 14.2. The second-order valence-electron chi connectivity index (χ2n) is 4.57. The molecule has 1 unspecified atom stereocenters. The molecule has 0 aromatic heterocycles. The molecular formula is C13H15F2N3O2. The summed E-state index contributed by atoms with van der Waals surface area (Å²) in [6.07, 6.45) is 0.413. The van der Waals surface area contributed by atoms with Crippen molar-refractivity contribution in [1.29, 1.82) is 0 Å². The van der Waals surface area contributed by atoms with E-state index in [2.05, 4.69) is 5.32 Å². The van der Waals surface area contributed by atoms with Gasteiger partial charge in [-0.2, -0.15) is 0 Å². The van der Waals surface area contributed by atoms with E-state index in [9.17, 15) is 18.4 Å². The summed E-state index contributed by atoms with van der Waals surface area (Å²) in [4.78, 5) is 25.3. The molecule has 1 fully saturated rings. The van der Waals surface area contributed by atoms with Crippen molar-refractivity contribution in [2.24, 2.45) is 0 Å². The zero-order valence-corrected chi connectivity index (χ0v) is 11.0. The highest BCUT2D eigenvalue weighted by Gasteiger charge is 2.33. The van der Waals surface area contributed by atoms with Gasteiger partial charge in [0.2, 0.25) is 5.91 Å². The molecule has 0 spiro atoms. The molecule has 5 nitrogen and oxygen atoms in total. The Morgan fingerprint density at radius 1 is 1.45 bits per heavy atom. The zero-order valence-electron chi connectivity index (χ0n) is 11.0. The summed E-state index contributed by atoms with van der Waals surface area (Å²) in [6.45, 7) is 2.34. The number of carbonyl (C=O) groups excluding carboxylic acids is 2. The average molecular weight is 283 g/mol. The molecule has 1 aromatic rings. The largest absolute Gasteiger partial charge is 0.396 e. The monoisotopic (exact) mass is 283 g/mol. The molecule has 0 aliphatic carbocycles. The number of amides is 2. The minimum absolute atomic E-state index is 0.275. The number of benzene rings is 1. The van der Waals surface area contributed by atoms with Crippen LogP contribution in [0.25, 0.3) is 0 Å². The molecule has 3 N–H and O–H groups in total. The number of hydrogen-bond acceptors (Lipinski definition) is 3. The molecule has 1 aromatic carbocycles. The van der Waals surface area contributed by atoms with Crippen molar-refractivity contribution in [3.05, 3.63) is 29.3 Å². The number of hydrogen-bond donors (Lipinski definition) is 2. The molecule has 20 heavy (non-hydrogen) atoms. The summed E-state index contributed by atoms with van der Waals surface area (Å²) in [5.74, 6) is -2.83. The Kier molecular flexibility index (Phi) is 3.87. The number of carbonyl (C=O) groups is 2. The fraction of sp³-hybridized carbons (Fsp3) is 0.385. The number of nitrogen functional groups attached to an aromatic ring is 1. The predicted octanol–water partition coefficient (Wildman–Crippen LogP) is 0.898. The van der Waals surface area contributed by atoms with E-state index in [-0.39, 0.29) is 23.7 Å². The number of halogens is 2. The molecule has 2 amide bonds. The van der Waals surface area contributed by atoms with Crippen molar-refractivity contribution >= 4 is 17.5 Å². The van der Waals surface area contributed by atoms with Crippen LogP contribution >= 0.6 is 0 Å². The van der Waals surface area contributed by atoms with Crippen LogP contribution in [-0.4, -0.2) is 35.8 Å². The van der Waals surface area contributed by atoms with Crippen molar-refractivity contribution < 1.29 is 18.4 Å². The summed E-state index contributed by atoms with van der Waals surface area (Å²) in [5.41, 5.74) is 4.74. The van der Waals surface area contributed by atoms with Crippen LogP contribution in [-0.2, 0) is 4.79 Å². The second kappa shape index (κ2) is 5.44. The third-order valence-electron chi connectivity index (χ3n) is 3.30. The second-order valence-corrected chi connectivity index (χ2v) is 4.57. The lowest BCUT2D eigenvalue weighted by molar-refractivity contribution is -0.127. The molecule has 1 heterocycles. The van der Waals surface area contributed by atoms with Gasteiger partial charge in [-0.3, -0.25) is 9.59 Å². The van der Waals surface area contributed by atoms with Gasteiger partial charge in [-0.1, -0.05) is 6.92 Å². The van der Waals surface area contributed by atoms with Gasteiger partial charge in [0.15, 0.2) is 0 Å². The van der Waals surface area contributed by atoms with Gasteiger partial charge in [-0.25, -0.2) is 8.78 Å². The number of anilines is 1. The maximum absolute atomic E-state index is 13.7. The van der Waals surface area contributed by atoms with Crippen molar-refractivity contribution in [2.45, 2.75) is 19.4 Å². The van der Waals surface area contributed by atoms with Crippen LogP contribution in [0.15, 0.2) is 12.1 Å². The summed E-state index contributed by atoms with van der Waals surface area (Å²) < 4.78 is 26.8. The first-order valence-corrected chi connectivity index (χ1v) is 6.29. The lowest BCUT2D eigenvalue weighted by Gasteiger charge is -2.34. The van der Waals surface area contributed by atoms with E-state index >= 15 is 0 Å². The first-order chi connectivity index (χ1) is 9.45. The highest BCUT2D eigenvalue weighted by molar-refractivity contribution is 5.99. The van der Waals surface area contributed by atoms with E-state index in [4.69, 9.17) is 5.73 Å². The Hall–Kier alpha value is -2.18. The fourth-order valence-electron chi connectivity index (χ4n) is 2.25. The Morgan fingerprint density at radius 2 is 2.15 bits per heavy atom. The van der Waals surface area contributed by atoms with Crippen LogP contribution in [0, 0.1) is 11.6 Å². The Balaban J connectivity index is 2.35. The summed E-state index contributed by atoms with van der Waals surface area (Å²) in [5, 5.41) is 2.64. The Bertz CT molecular complexity index is 563. The van der Waals surface area contributed by atoms with Crippen LogP contribution in [0.4, 0.5) is 14.5 Å². The molecule has 0 bridgehead atoms. The maximum Gasteiger partial charge on any atom is 0.257 e. The van der Waals surface area contributed by atoms with Crippen molar-refractivity contribution in [3.8, 4) is 0 Å². The molecule has 7 heteroatoms. The average Bonchev–Trinajstić information content (AvgIpc) is 2.41. The van der Waals surface area contributed by atoms with E-state index in [1.54, 1.807) is 6.92 Å². The molecule has 0 saturated carbocycles. The van der Waals surface area contributed by atoms with Gasteiger partial charge < -0.3 is 16.0 Å². The smallest absolute Gasteiger partial charge is 0.257 e. The van der Waals surface area contributed by atoms with Gasteiger partial charge in [0.05, 0.1) is 11.3 Å². The van der Waals surface area contributed by atoms with Crippen molar-refractivity contribution in [3.63, 3.8) is 0 Å². The van der Waals surface area contributed by atoms with Gasteiger partial charge in [0.25, 0.3) is 5.91 Å². The lowest BCUT2D eigenvalue weighted by atomic mass is 10.1. The summed E-state index contributed by atoms with van der Waals surface area (Å²) in [7, 11) is 0. The van der Waals surface area contributed by atoms with Crippen LogP contribution in [0.1, 0.15) is 23.7 Å². The number of piperazine rings is 1. The highest BCUT2D eigenvalue weighted by atomic mass is 19.1. The minimum atomic E-state index is -0.984. The molecule has 0 radical (unpaired) electrons. The standard InChI is InChI=1S/C13H15F2N3O2/c1-2-11-12(19)17-3-4-18(11)13(20)7-5-10(16)9(15)6-8(7)14/h5-6,11H,2-4,16H2,1H3,(H,17,19). The summed E-state index contributed by atoms with van der Waals surface area (Å²) in [6, 6.07) is 0.890. The van der Waals surface area contributed by atoms with E-state index in [1.807, 2.05) is 0 Å². The zero-order chi connectivity index (χ0) is 14.9. The van der Waals surface area contributed by atoms with Gasteiger partial charge in [0.1, 0.15) is 17.7 Å². The third-order valence-corrected chi connectivity index (χ3v) is 3.30. The number of nitrogens with one attached hydrogen (secondary N) is 1. The fourth-order valence-corrected chi connectivity index (χ4v) is 2.25. The predicted molar refractivity (Wildman–Crippen MR) is 68.9 cm³/mol. The van der Waals surface area contributed by atoms with E-state index in [1.165, 1.54) is 4.90 Å². The molecule has 2 rings (SSSR count). The molecule has 1 aliphatic heterocycles. The Labute approximate surface area is 114 Å². The quantitative estimate of drug-likeness (QED) is 0.792. The minimum Gasteiger partial charge on any atom is -0.396 e. The highest BCUT2D eigenvalue weighted by Crippen LogP contribution is 2.20. The lowest BCUT2D eigenvalue weighted by Crippen LogP contribution is -2.57. The number of nitrogens with zero attached hydrogens (tertiary/aromatic N) is 1. The molecule has 1 saturated heterocycles. The van der Waals surface area contributed by atoms with Crippen LogP contribution in [0.2, 0.25) is 0 Å². The van der Waals surface area contributed by atoms with Crippen molar-refractivity contribution in [2.75, 3.05) is 18.8 Å². The van der Waals surface area contributed by atoms with Crippen LogP contribution in [0.5, 0.6) is 0 Å². The maximum atomic E-state index is 13.7. The van der Waals surface area contributed by atoms with E-state index in [0.29, 0.717) is 19.0 Å². The third kappa shape index (κ3) is 2.43. The van der Waals surface area contributed by atoms with Gasteiger partial charge in [-0.15, -0.1) is 0 Å². The Morgan fingerprint density at radius 3 is 2.80 bits per heavy atom. The van der Waals surface area contributed by atoms with Gasteiger partial charge in [0, 0.05) is 19.2 Å². The van der Waals surface area contributed by atoms with E-state index in [0.717, 1.165) is 6.07 Å². The van der Waals surface area contributed by atoms with Crippen LogP contribution in [0.3, 0.4) is 0 Å². The molecule has 108 valence electrons. The topological polar surface area (TPSA) is 75.4 Å². The number of nitrogens with two attached hydrogens (primary N) is 1. The number of rotatable bonds is 2. The summed E-state index contributed by atoms with van der Waals surface area (Å²) >= 11 is 0. The van der Waals surface area contributed by atoms with Crippen LogP contribution < -0.4 is 11.1 Å². The van der Waals surface area contributed by atoms with Crippen molar-refractivity contribution in [1.82, 2.24) is 10.2 Å². The normalized spacial score (nSPS) is 18.9. The van der Waals surface area contributed by atoms with E-state index < -0.39 is 23.6 Å².